The maximum absolute atomic E-state index is 13.1. The van der Waals surface area contributed by atoms with Gasteiger partial charge in [0.1, 0.15) is 18.2 Å². The van der Waals surface area contributed by atoms with Gasteiger partial charge >= 0.3 is 6.09 Å². The molecule has 3 N–H and O–H groups in total. The van der Waals surface area contributed by atoms with E-state index in [2.05, 4.69) is 16.0 Å². The molecule has 0 fully saturated rings. The fourth-order valence-corrected chi connectivity index (χ4v) is 4.72. The molecule has 1 atom stereocenters. The number of thioether (sulfide) groups is 1. The molecule has 3 rings (SSSR count). The first-order valence-corrected chi connectivity index (χ1v) is 13.2. The predicted octanol–water partition coefficient (Wildman–Crippen LogP) is 2.88. The molecule has 2 aromatic carbocycles. The molecule has 9 nitrogen and oxygen atoms in total. The first kappa shape index (κ1) is 28.0. The summed E-state index contributed by atoms with van der Waals surface area (Å²) in [7, 11) is 0. The molecule has 0 unspecified atom stereocenters. The van der Waals surface area contributed by atoms with E-state index in [0.29, 0.717) is 17.9 Å². The van der Waals surface area contributed by atoms with Crippen LogP contribution in [0.25, 0.3) is 0 Å². The topological polar surface area (TPSA) is 117 Å². The van der Waals surface area contributed by atoms with Crippen molar-refractivity contribution >= 4 is 41.3 Å². The maximum atomic E-state index is 13.1. The molecule has 37 heavy (non-hydrogen) atoms. The van der Waals surface area contributed by atoms with Crippen molar-refractivity contribution in [2.24, 2.45) is 0 Å². The van der Waals surface area contributed by atoms with Crippen molar-refractivity contribution in [2.75, 3.05) is 30.3 Å². The van der Waals surface area contributed by atoms with Crippen LogP contribution in [-0.2, 0) is 25.5 Å². The highest BCUT2D eigenvalue weighted by molar-refractivity contribution is 7.99. The normalized spacial score (nSPS) is 14.1. The predicted molar refractivity (Wildman–Crippen MR) is 143 cm³/mol. The first-order chi connectivity index (χ1) is 17.6. The minimum atomic E-state index is -0.858. The fraction of sp³-hybridized carbons (Fsp3) is 0.407. The Labute approximate surface area is 221 Å². The molecule has 1 heterocycles. The Morgan fingerprint density at radius 1 is 1.00 bits per heavy atom. The summed E-state index contributed by atoms with van der Waals surface area (Å²) in [5, 5.41) is 8.15. The van der Waals surface area contributed by atoms with E-state index >= 15 is 0 Å². The van der Waals surface area contributed by atoms with Gasteiger partial charge in [-0.2, -0.15) is 0 Å². The minimum absolute atomic E-state index is 0.134. The quantitative estimate of drug-likeness (QED) is 0.433. The Balaban J connectivity index is 1.63. The number of nitrogens with one attached hydrogen (secondary N) is 3. The van der Waals surface area contributed by atoms with Gasteiger partial charge in [0.25, 0.3) is 0 Å². The van der Waals surface area contributed by atoms with Crippen LogP contribution in [0.5, 0.6) is 0 Å². The highest BCUT2D eigenvalue weighted by atomic mass is 32.2. The number of ether oxygens (including phenoxy) is 1. The molecule has 0 saturated heterocycles. The number of carbonyl (C=O) groups is 4. The fourth-order valence-electron chi connectivity index (χ4n) is 3.72. The van der Waals surface area contributed by atoms with Crippen molar-refractivity contribution in [3.05, 3.63) is 60.2 Å². The van der Waals surface area contributed by atoms with Gasteiger partial charge in [-0.15, -0.1) is 11.8 Å². The molecule has 1 aliphatic rings. The third-order valence-electron chi connectivity index (χ3n) is 5.36. The molecule has 0 spiro atoms. The average molecular weight is 527 g/mol. The zero-order valence-electron chi connectivity index (χ0n) is 21.4. The number of benzene rings is 2. The Hall–Kier alpha value is -3.53. The van der Waals surface area contributed by atoms with Crippen LogP contribution in [0.2, 0.25) is 0 Å². The third-order valence-corrected chi connectivity index (χ3v) is 6.42. The van der Waals surface area contributed by atoms with Crippen LogP contribution in [-0.4, -0.2) is 60.8 Å². The van der Waals surface area contributed by atoms with Crippen LogP contribution in [0.3, 0.4) is 0 Å². The van der Waals surface area contributed by atoms with Crippen LogP contribution in [0.15, 0.2) is 59.5 Å². The Bertz CT molecular complexity index is 1100. The number of carbonyl (C=O) groups excluding carboxylic acids is 4. The highest BCUT2D eigenvalue weighted by Crippen LogP contribution is 2.33. The van der Waals surface area contributed by atoms with E-state index in [-0.39, 0.29) is 37.9 Å². The molecule has 0 aromatic heterocycles. The van der Waals surface area contributed by atoms with Crippen LogP contribution in [0.4, 0.5) is 10.5 Å². The number of hydrogen-bond donors (Lipinski definition) is 3. The smallest absolute Gasteiger partial charge is 0.407 e. The molecular formula is C27H34N4O5S. The largest absolute Gasteiger partial charge is 0.444 e. The number of fused-ring (bicyclic) bond motifs is 1. The van der Waals surface area contributed by atoms with Crippen molar-refractivity contribution in [1.82, 2.24) is 16.0 Å². The van der Waals surface area contributed by atoms with Gasteiger partial charge < -0.3 is 25.6 Å². The van der Waals surface area contributed by atoms with E-state index < -0.39 is 23.6 Å². The second-order valence-corrected chi connectivity index (χ2v) is 10.7. The summed E-state index contributed by atoms with van der Waals surface area (Å²) >= 11 is 1.58. The zero-order chi connectivity index (χ0) is 26.8. The van der Waals surface area contributed by atoms with E-state index in [1.54, 1.807) is 32.5 Å². The summed E-state index contributed by atoms with van der Waals surface area (Å²) in [6, 6.07) is 16.0. The Morgan fingerprint density at radius 2 is 1.68 bits per heavy atom. The van der Waals surface area contributed by atoms with Gasteiger partial charge in [0, 0.05) is 36.6 Å². The van der Waals surface area contributed by atoms with Crippen LogP contribution >= 0.6 is 11.8 Å². The molecular weight excluding hydrogens is 492 g/mol. The monoisotopic (exact) mass is 526 g/mol. The van der Waals surface area contributed by atoms with Crippen molar-refractivity contribution in [1.29, 1.82) is 0 Å². The van der Waals surface area contributed by atoms with Crippen LogP contribution in [0, 0.1) is 0 Å². The average Bonchev–Trinajstić information content (AvgIpc) is 2.99. The van der Waals surface area contributed by atoms with Gasteiger partial charge in [-0.05, 0) is 38.5 Å². The Morgan fingerprint density at radius 3 is 2.41 bits per heavy atom. The lowest BCUT2D eigenvalue weighted by atomic mass is 10.1. The summed E-state index contributed by atoms with van der Waals surface area (Å²) in [5.41, 5.74) is 0.955. The number of rotatable bonds is 9. The summed E-state index contributed by atoms with van der Waals surface area (Å²) in [6.45, 7) is 5.44. The molecule has 1 aliphatic heterocycles. The molecule has 198 valence electrons. The number of amides is 4. The van der Waals surface area contributed by atoms with Crippen molar-refractivity contribution in [2.45, 2.75) is 50.2 Å². The summed E-state index contributed by atoms with van der Waals surface area (Å²) in [6.07, 6.45) is 0.0280. The molecule has 2 aromatic rings. The van der Waals surface area contributed by atoms with E-state index in [4.69, 9.17) is 4.74 Å². The molecule has 4 amide bonds. The molecule has 0 bridgehead atoms. The molecule has 0 aliphatic carbocycles. The second kappa shape index (κ2) is 13.1. The van der Waals surface area contributed by atoms with Gasteiger partial charge in [-0.25, -0.2) is 4.79 Å². The van der Waals surface area contributed by atoms with E-state index in [0.717, 1.165) is 10.5 Å². The van der Waals surface area contributed by atoms with Gasteiger partial charge in [0.15, 0.2) is 0 Å². The maximum Gasteiger partial charge on any atom is 0.407 e. The summed E-state index contributed by atoms with van der Waals surface area (Å²) in [5.74, 6) is -0.311. The van der Waals surface area contributed by atoms with Gasteiger partial charge in [-0.1, -0.05) is 42.5 Å². The SMILES string of the molecule is CC(C)(C)OC(=O)NCCNC(=O)[C@@H](Cc1ccccc1)NC(=O)CN1C(=O)CCSc2ccccc21. The number of nitrogens with zero attached hydrogens (tertiary/aromatic N) is 1. The van der Waals surface area contributed by atoms with Crippen molar-refractivity contribution in [3.8, 4) is 0 Å². The van der Waals surface area contributed by atoms with Gasteiger partial charge in [0.2, 0.25) is 17.7 Å². The van der Waals surface area contributed by atoms with Gasteiger partial charge in [0.05, 0.1) is 5.69 Å². The third kappa shape index (κ3) is 9.13. The lowest BCUT2D eigenvalue weighted by molar-refractivity contribution is -0.129. The summed E-state index contributed by atoms with van der Waals surface area (Å²) < 4.78 is 5.19. The van der Waals surface area contributed by atoms with Crippen molar-refractivity contribution in [3.63, 3.8) is 0 Å². The minimum Gasteiger partial charge on any atom is -0.444 e. The zero-order valence-corrected chi connectivity index (χ0v) is 22.2. The number of para-hydroxylation sites is 1. The van der Waals surface area contributed by atoms with E-state index in [1.165, 1.54) is 4.90 Å². The first-order valence-electron chi connectivity index (χ1n) is 12.2. The molecule has 10 heteroatoms. The molecule has 0 saturated carbocycles. The van der Waals surface area contributed by atoms with E-state index in [1.807, 2.05) is 54.6 Å². The van der Waals surface area contributed by atoms with Crippen molar-refractivity contribution < 1.29 is 23.9 Å². The number of anilines is 1. The number of alkyl carbamates (subject to hydrolysis) is 1. The van der Waals surface area contributed by atoms with Crippen LogP contribution in [0.1, 0.15) is 32.8 Å². The Kier molecular flexibility index (Phi) is 9.96. The lowest BCUT2D eigenvalue weighted by Crippen LogP contribution is -2.52. The van der Waals surface area contributed by atoms with Crippen LogP contribution < -0.4 is 20.9 Å². The number of hydrogen-bond acceptors (Lipinski definition) is 6. The van der Waals surface area contributed by atoms with Gasteiger partial charge in [-0.3, -0.25) is 14.4 Å². The summed E-state index contributed by atoms with van der Waals surface area (Å²) in [4.78, 5) is 53.1. The molecule has 0 radical (unpaired) electrons. The lowest BCUT2D eigenvalue weighted by Gasteiger charge is -2.24. The second-order valence-electron chi connectivity index (χ2n) is 9.58. The highest BCUT2D eigenvalue weighted by Gasteiger charge is 2.27. The standard InChI is InChI=1S/C27H34N4O5S/c1-27(2,3)36-26(35)29-15-14-28-25(34)20(17-19-9-5-4-6-10-19)30-23(32)18-31-21-11-7-8-12-22(21)37-16-13-24(31)33/h4-12,20H,13-18H2,1-3H3,(H,28,34)(H,29,35)(H,30,32)/t20-/m1/s1. The van der Waals surface area contributed by atoms with E-state index in [9.17, 15) is 19.2 Å².